The minimum Gasteiger partial charge on any atom is -0.380 e. The molecule has 0 aliphatic carbocycles. The highest BCUT2D eigenvalue weighted by molar-refractivity contribution is 6.06. The molecule has 1 aliphatic rings. The van der Waals surface area contributed by atoms with Gasteiger partial charge in [-0.25, -0.2) is 0 Å². The van der Waals surface area contributed by atoms with Gasteiger partial charge in [0, 0.05) is 48.9 Å². The third-order valence-corrected chi connectivity index (χ3v) is 4.79. The Balaban J connectivity index is 1.44. The Hall–Kier alpha value is -2.79. The molecular weight excluding hydrogens is 314 g/mol. The molecule has 5 heteroatoms. The van der Waals surface area contributed by atoms with Gasteiger partial charge in [0.05, 0.1) is 6.10 Å². The molecule has 0 spiro atoms. The highest BCUT2D eigenvalue weighted by Gasteiger charge is 2.22. The van der Waals surface area contributed by atoms with E-state index in [0.717, 1.165) is 41.8 Å². The van der Waals surface area contributed by atoms with Gasteiger partial charge in [-0.3, -0.25) is 4.79 Å². The van der Waals surface area contributed by atoms with Crippen LogP contribution < -0.4 is 10.2 Å². The van der Waals surface area contributed by atoms with E-state index in [9.17, 15) is 4.79 Å². The fraction of sp³-hybridized carbons (Fsp3) is 0.250. The van der Waals surface area contributed by atoms with Crippen molar-refractivity contribution in [3.05, 3.63) is 60.3 Å². The van der Waals surface area contributed by atoms with Crippen molar-refractivity contribution in [1.29, 1.82) is 0 Å². The van der Waals surface area contributed by atoms with E-state index in [-0.39, 0.29) is 5.91 Å². The normalized spacial score (nSPS) is 17.2. The Kier molecular flexibility index (Phi) is 4.15. The average Bonchev–Trinajstić information content (AvgIpc) is 3.30. The van der Waals surface area contributed by atoms with Gasteiger partial charge in [-0.05, 0) is 54.3 Å². The Morgan fingerprint density at radius 3 is 2.80 bits per heavy atom. The molecule has 1 aromatic heterocycles. The zero-order valence-corrected chi connectivity index (χ0v) is 14.2. The summed E-state index contributed by atoms with van der Waals surface area (Å²) in [5, 5.41) is 4.05. The van der Waals surface area contributed by atoms with Gasteiger partial charge >= 0.3 is 0 Å². The Bertz CT molecular complexity index is 885. The lowest BCUT2D eigenvalue weighted by Crippen LogP contribution is -2.22. The highest BCUT2D eigenvalue weighted by Crippen LogP contribution is 2.24. The summed E-state index contributed by atoms with van der Waals surface area (Å²) in [6.45, 7) is 1.92. The first-order valence-electron chi connectivity index (χ1n) is 8.49. The quantitative estimate of drug-likeness (QED) is 0.765. The molecule has 1 amide bonds. The Morgan fingerprint density at radius 1 is 1.20 bits per heavy atom. The molecule has 1 fully saturated rings. The van der Waals surface area contributed by atoms with E-state index < -0.39 is 0 Å². The molecule has 1 saturated heterocycles. The van der Waals surface area contributed by atoms with Crippen LogP contribution in [-0.4, -0.2) is 37.2 Å². The maximum absolute atomic E-state index is 12.5. The Morgan fingerprint density at radius 2 is 2.04 bits per heavy atom. The molecule has 0 saturated carbocycles. The number of rotatable bonds is 4. The van der Waals surface area contributed by atoms with Gasteiger partial charge in [0.25, 0.3) is 5.91 Å². The van der Waals surface area contributed by atoms with Crippen LogP contribution in [0.1, 0.15) is 16.8 Å². The van der Waals surface area contributed by atoms with Crippen LogP contribution in [0.15, 0.2) is 54.7 Å². The number of ether oxygens (including phenoxy) is 1. The lowest BCUT2D eigenvalue weighted by Gasteiger charge is -2.18. The zero-order valence-electron chi connectivity index (χ0n) is 14.2. The number of nitrogens with one attached hydrogen (secondary N) is 2. The van der Waals surface area contributed by atoms with Gasteiger partial charge in [-0.15, -0.1) is 0 Å². The standard InChI is InChI=1S/C20H21N3O2/c1-25-18-9-11-23(13-18)17-6-4-16(5-7-17)22-20(24)15-3-2-14-8-10-21-19(14)12-15/h2-8,10,12,18,21H,9,11,13H2,1H3,(H,22,24). The number of carbonyl (C=O) groups is 1. The van der Waals surface area contributed by atoms with Crippen LogP contribution in [0, 0.1) is 0 Å². The summed E-state index contributed by atoms with van der Waals surface area (Å²) in [5.74, 6) is -0.107. The highest BCUT2D eigenvalue weighted by atomic mass is 16.5. The van der Waals surface area contributed by atoms with Crippen molar-refractivity contribution in [2.45, 2.75) is 12.5 Å². The van der Waals surface area contributed by atoms with E-state index in [1.54, 1.807) is 7.11 Å². The summed E-state index contributed by atoms with van der Waals surface area (Å²) in [6, 6.07) is 15.6. The minimum absolute atomic E-state index is 0.107. The predicted molar refractivity (Wildman–Crippen MR) is 100 cm³/mol. The molecule has 1 atom stereocenters. The van der Waals surface area contributed by atoms with Crippen LogP contribution in [0.5, 0.6) is 0 Å². The zero-order chi connectivity index (χ0) is 17.2. The topological polar surface area (TPSA) is 57.4 Å². The summed E-state index contributed by atoms with van der Waals surface area (Å²) in [5.41, 5.74) is 3.56. The third kappa shape index (κ3) is 3.23. The molecule has 25 heavy (non-hydrogen) atoms. The van der Waals surface area contributed by atoms with Crippen molar-refractivity contribution < 1.29 is 9.53 Å². The van der Waals surface area contributed by atoms with Crippen LogP contribution in [0.3, 0.4) is 0 Å². The number of carbonyl (C=O) groups excluding carboxylic acids is 1. The fourth-order valence-corrected chi connectivity index (χ4v) is 3.30. The number of methoxy groups -OCH3 is 1. The number of anilines is 2. The minimum atomic E-state index is -0.107. The monoisotopic (exact) mass is 335 g/mol. The molecule has 1 aliphatic heterocycles. The molecule has 2 heterocycles. The number of hydrogen-bond acceptors (Lipinski definition) is 3. The largest absolute Gasteiger partial charge is 0.380 e. The second kappa shape index (κ2) is 6.61. The summed E-state index contributed by atoms with van der Waals surface area (Å²) >= 11 is 0. The third-order valence-electron chi connectivity index (χ3n) is 4.79. The van der Waals surface area contributed by atoms with Gasteiger partial charge in [-0.1, -0.05) is 6.07 Å². The van der Waals surface area contributed by atoms with Crippen LogP contribution in [0.2, 0.25) is 0 Å². The number of benzene rings is 2. The van der Waals surface area contributed by atoms with Crippen molar-refractivity contribution >= 4 is 28.2 Å². The van der Waals surface area contributed by atoms with Crippen LogP contribution in [0.25, 0.3) is 10.9 Å². The molecule has 5 nitrogen and oxygen atoms in total. The van der Waals surface area contributed by atoms with Crippen LogP contribution >= 0.6 is 0 Å². The van der Waals surface area contributed by atoms with Crippen molar-refractivity contribution in [2.75, 3.05) is 30.4 Å². The van der Waals surface area contributed by atoms with Crippen LogP contribution in [-0.2, 0) is 4.74 Å². The second-order valence-electron chi connectivity index (χ2n) is 6.37. The number of aromatic nitrogens is 1. The lowest BCUT2D eigenvalue weighted by atomic mass is 10.1. The molecule has 0 radical (unpaired) electrons. The predicted octanol–water partition coefficient (Wildman–Crippen LogP) is 3.65. The summed E-state index contributed by atoms with van der Waals surface area (Å²) in [4.78, 5) is 17.9. The first-order chi connectivity index (χ1) is 12.2. The van der Waals surface area contributed by atoms with Crippen LogP contribution in [0.4, 0.5) is 11.4 Å². The maximum atomic E-state index is 12.5. The van der Waals surface area contributed by atoms with Gasteiger partial charge in [0.2, 0.25) is 0 Å². The molecule has 2 N–H and O–H groups in total. The first-order valence-corrected chi connectivity index (χ1v) is 8.49. The van der Waals surface area contributed by atoms with Crippen molar-refractivity contribution in [2.24, 2.45) is 0 Å². The van der Waals surface area contributed by atoms with Crippen molar-refractivity contribution in [1.82, 2.24) is 4.98 Å². The molecule has 3 aromatic rings. The van der Waals surface area contributed by atoms with Crippen molar-refractivity contribution in [3.8, 4) is 0 Å². The molecule has 4 rings (SSSR count). The number of nitrogens with zero attached hydrogens (tertiary/aromatic N) is 1. The molecule has 1 unspecified atom stereocenters. The van der Waals surface area contributed by atoms with Gasteiger partial charge in [0.15, 0.2) is 0 Å². The number of amides is 1. The van der Waals surface area contributed by atoms with Gasteiger partial charge in [-0.2, -0.15) is 0 Å². The summed E-state index contributed by atoms with van der Waals surface area (Å²) < 4.78 is 5.41. The van der Waals surface area contributed by atoms with E-state index in [0.29, 0.717) is 11.7 Å². The average molecular weight is 335 g/mol. The van der Waals surface area contributed by atoms with Gasteiger partial charge < -0.3 is 19.9 Å². The SMILES string of the molecule is COC1CCN(c2ccc(NC(=O)c3ccc4cc[nH]c4c3)cc2)C1. The van der Waals surface area contributed by atoms with Crippen molar-refractivity contribution in [3.63, 3.8) is 0 Å². The number of aromatic amines is 1. The van der Waals surface area contributed by atoms with E-state index in [1.165, 1.54) is 0 Å². The molecule has 2 aromatic carbocycles. The number of hydrogen-bond donors (Lipinski definition) is 2. The van der Waals surface area contributed by atoms with E-state index in [2.05, 4.69) is 15.2 Å². The lowest BCUT2D eigenvalue weighted by molar-refractivity contribution is 0.102. The molecule has 128 valence electrons. The molecule has 0 bridgehead atoms. The van der Waals surface area contributed by atoms with Gasteiger partial charge in [0.1, 0.15) is 0 Å². The maximum Gasteiger partial charge on any atom is 0.255 e. The summed E-state index contributed by atoms with van der Waals surface area (Å²) in [6.07, 6.45) is 3.23. The Labute approximate surface area is 146 Å². The number of fused-ring (bicyclic) bond motifs is 1. The first kappa shape index (κ1) is 15.7. The van der Waals surface area contributed by atoms with E-state index >= 15 is 0 Å². The summed E-state index contributed by atoms with van der Waals surface area (Å²) in [7, 11) is 1.76. The second-order valence-corrected chi connectivity index (χ2v) is 6.37. The smallest absolute Gasteiger partial charge is 0.255 e. The van der Waals surface area contributed by atoms with E-state index in [4.69, 9.17) is 4.74 Å². The van der Waals surface area contributed by atoms with E-state index in [1.807, 2.05) is 54.7 Å². The molecular formula is C20H21N3O2. The fourth-order valence-electron chi connectivity index (χ4n) is 3.30. The number of H-pyrrole nitrogens is 1.